The molecule has 12 N–H and O–H groups in total. The van der Waals surface area contributed by atoms with E-state index in [9.17, 15) is 61.0 Å². The predicted molar refractivity (Wildman–Crippen MR) is 378 cm³/mol. The summed E-state index contributed by atoms with van der Waals surface area (Å²) in [5, 5.41) is 120. The Morgan fingerprint density at radius 1 is 0.375 bits per heavy atom. The number of allylic oxidation sites excluding steroid dienone is 25. The van der Waals surface area contributed by atoms with E-state index in [0.717, 1.165) is 122 Å². The van der Waals surface area contributed by atoms with E-state index in [1.807, 2.05) is 6.08 Å². The van der Waals surface area contributed by atoms with E-state index in [0.29, 0.717) is 12.8 Å². The molecule has 3 aliphatic rings. The predicted octanol–water partition coefficient (Wildman–Crippen LogP) is 10.1. The van der Waals surface area contributed by atoms with Crippen LogP contribution in [-0.4, -0.2) is 193 Å². The molecule has 17 unspecified atom stereocenters. The first-order valence-corrected chi connectivity index (χ1v) is 35.7. The molecule has 96 heavy (non-hydrogen) atoms. The minimum atomic E-state index is -1.99. The lowest BCUT2D eigenvalue weighted by Gasteiger charge is -2.48. The molecule has 3 rings (SSSR count). The molecule has 0 aromatic rings. The van der Waals surface area contributed by atoms with Crippen LogP contribution in [0, 0.1) is 0 Å². The summed E-state index contributed by atoms with van der Waals surface area (Å²) in [6, 6.07) is -1.01. The molecule has 3 aliphatic heterocycles. The van der Waals surface area contributed by atoms with Crippen molar-refractivity contribution in [1.29, 1.82) is 0 Å². The highest BCUT2D eigenvalue weighted by Crippen LogP contribution is 2.33. The number of carbonyl (C=O) groups excluding carboxylic acids is 1. The first-order valence-electron chi connectivity index (χ1n) is 35.7. The van der Waals surface area contributed by atoms with Crippen molar-refractivity contribution >= 4 is 5.91 Å². The van der Waals surface area contributed by atoms with Crippen LogP contribution in [0.15, 0.2) is 158 Å². The lowest BCUT2D eigenvalue weighted by molar-refractivity contribution is -0.379. The van der Waals surface area contributed by atoms with Gasteiger partial charge in [-0.2, -0.15) is 0 Å². The second-order valence-corrected chi connectivity index (χ2v) is 24.6. The molecule has 3 saturated heterocycles. The molecule has 0 spiro atoms. The van der Waals surface area contributed by atoms with Crippen molar-refractivity contribution in [2.45, 2.75) is 291 Å². The lowest BCUT2D eigenvalue weighted by atomic mass is 9.96. The summed E-state index contributed by atoms with van der Waals surface area (Å²) in [6.45, 7) is 1.41. The topological polar surface area (TPSA) is 307 Å². The van der Waals surface area contributed by atoms with Gasteiger partial charge in [-0.25, -0.2) is 0 Å². The number of ether oxygens (including phenoxy) is 6. The van der Waals surface area contributed by atoms with E-state index in [4.69, 9.17) is 28.4 Å². The van der Waals surface area contributed by atoms with Crippen molar-refractivity contribution in [3.05, 3.63) is 158 Å². The second kappa shape index (κ2) is 56.2. The van der Waals surface area contributed by atoms with Gasteiger partial charge in [-0.1, -0.05) is 223 Å². The number of unbranched alkanes of at least 4 members (excludes halogenated alkanes) is 12. The zero-order valence-corrected chi connectivity index (χ0v) is 57.5. The molecule has 0 aromatic heterocycles. The highest BCUT2D eigenvalue weighted by molar-refractivity contribution is 5.76. The lowest BCUT2D eigenvalue weighted by Crippen LogP contribution is -2.66. The van der Waals surface area contributed by atoms with Crippen molar-refractivity contribution in [3.63, 3.8) is 0 Å². The average Bonchev–Trinajstić information content (AvgIpc) is 0.849. The van der Waals surface area contributed by atoms with Gasteiger partial charge in [0.05, 0.1) is 38.6 Å². The van der Waals surface area contributed by atoms with Crippen LogP contribution in [0.4, 0.5) is 0 Å². The molecule has 19 nitrogen and oxygen atoms in total. The Labute approximate surface area is 574 Å². The second-order valence-electron chi connectivity index (χ2n) is 24.6. The van der Waals surface area contributed by atoms with Crippen molar-refractivity contribution in [3.8, 4) is 0 Å². The van der Waals surface area contributed by atoms with Gasteiger partial charge in [0.15, 0.2) is 18.9 Å². The van der Waals surface area contributed by atoms with Gasteiger partial charge in [0.25, 0.3) is 0 Å². The van der Waals surface area contributed by atoms with E-state index in [-0.39, 0.29) is 18.9 Å². The van der Waals surface area contributed by atoms with Gasteiger partial charge >= 0.3 is 0 Å². The van der Waals surface area contributed by atoms with Gasteiger partial charge in [0.2, 0.25) is 5.91 Å². The number of aliphatic hydroxyl groups excluding tert-OH is 11. The Kier molecular flexibility index (Phi) is 50.1. The zero-order valence-electron chi connectivity index (χ0n) is 57.5. The number of carbonyl (C=O) groups is 1. The molecule has 0 radical (unpaired) electrons. The fourth-order valence-corrected chi connectivity index (χ4v) is 10.8. The fraction of sp³-hybridized carbons (Fsp3) is 0.649. The molecule has 17 atom stereocenters. The first kappa shape index (κ1) is 85.6. The molecule has 0 aliphatic carbocycles. The Morgan fingerprint density at radius 2 is 0.698 bits per heavy atom. The van der Waals surface area contributed by atoms with Gasteiger partial charge in [-0.05, 0) is 116 Å². The first-order chi connectivity index (χ1) is 46.8. The van der Waals surface area contributed by atoms with Crippen LogP contribution >= 0.6 is 0 Å². The normalized spacial score (nSPS) is 28.0. The number of aliphatic hydroxyl groups is 11. The summed E-state index contributed by atoms with van der Waals surface area (Å²) < 4.78 is 34.2. The summed E-state index contributed by atoms with van der Waals surface area (Å²) >= 11 is 0. The smallest absolute Gasteiger partial charge is 0.220 e. The summed E-state index contributed by atoms with van der Waals surface area (Å²) in [5.41, 5.74) is 0. The SMILES string of the molecule is CC/C=C\C/C=C\C/C=C\C/C=C\C/C=C\C/C=C\C/C=C\C/C=C\C/C=C\C/C=C\CCCCCCCCCCCCC(=O)NC(COC1OC(CO)C(OC2OC(CO)C(OC3OC(CO)C(O)C(O)C3O)C(O)C2O)C(O)C1O)C(O)/C=C/CC/C=C/CC/C=C/CC. The molecular formula is C77H123NO18. The molecule has 0 aromatic carbocycles. The molecule has 1 amide bonds. The van der Waals surface area contributed by atoms with Crippen molar-refractivity contribution in [2.75, 3.05) is 26.4 Å². The highest BCUT2D eigenvalue weighted by Gasteiger charge is 2.53. The number of hydrogen-bond donors (Lipinski definition) is 12. The quantitative estimate of drug-likeness (QED) is 0.0199. The zero-order chi connectivity index (χ0) is 69.6. The Hall–Kier alpha value is -4.59. The molecule has 3 fully saturated rings. The van der Waals surface area contributed by atoms with Gasteiger partial charge in [0.1, 0.15) is 73.2 Å². The monoisotopic (exact) mass is 1350 g/mol. The number of rotatable bonds is 52. The third-order valence-corrected chi connectivity index (χ3v) is 16.5. The highest BCUT2D eigenvalue weighted by atomic mass is 16.8. The summed E-state index contributed by atoms with van der Waals surface area (Å²) in [5.74, 6) is -0.305. The minimum Gasteiger partial charge on any atom is -0.394 e. The van der Waals surface area contributed by atoms with Crippen molar-refractivity contribution < 1.29 is 89.4 Å². The summed E-state index contributed by atoms with van der Waals surface area (Å²) in [6.07, 6.45) is 55.5. The molecule has 544 valence electrons. The van der Waals surface area contributed by atoms with Crippen LogP contribution in [0.2, 0.25) is 0 Å². The Bertz CT molecular complexity index is 2360. The number of hydrogen-bond acceptors (Lipinski definition) is 18. The van der Waals surface area contributed by atoms with Crippen LogP contribution in [-0.2, 0) is 33.2 Å². The van der Waals surface area contributed by atoms with Gasteiger partial charge in [-0.3, -0.25) is 4.79 Å². The van der Waals surface area contributed by atoms with E-state index in [1.165, 1.54) is 32.1 Å². The molecule has 3 heterocycles. The number of amides is 1. The van der Waals surface area contributed by atoms with Gasteiger partial charge in [0, 0.05) is 6.42 Å². The van der Waals surface area contributed by atoms with Crippen LogP contribution in [0.3, 0.4) is 0 Å². The maximum absolute atomic E-state index is 13.4. The molecule has 0 bridgehead atoms. The van der Waals surface area contributed by atoms with Crippen LogP contribution < -0.4 is 5.32 Å². The Morgan fingerprint density at radius 3 is 1.12 bits per heavy atom. The van der Waals surface area contributed by atoms with E-state index in [1.54, 1.807) is 6.08 Å². The summed E-state index contributed by atoms with van der Waals surface area (Å²) in [4.78, 5) is 13.4. The van der Waals surface area contributed by atoms with Gasteiger partial charge in [-0.15, -0.1) is 0 Å². The molecule has 19 heteroatoms. The Balaban J connectivity index is 1.31. The van der Waals surface area contributed by atoms with Crippen molar-refractivity contribution in [2.24, 2.45) is 0 Å². The van der Waals surface area contributed by atoms with E-state index >= 15 is 0 Å². The molecule has 0 saturated carbocycles. The standard InChI is InChI=1S/C77H123NO18/c1-3-5-7-9-11-13-15-16-17-18-19-20-21-22-23-24-25-26-27-28-29-30-31-32-33-34-35-36-37-38-39-40-41-42-43-44-45-47-49-51-53-55-65(83)78-60(61(82)54-52-50-48-46-14-12-10-8-6-4-2)59-91-75-71(89)68(86)73(63(57-80)93-75)96-77-72(90)69(87)74(64(58-81)94-77)95-76-70(88)67(85)66(84)62(56-79)92-76/h5-8,11,13-14,16-17,19-20,22-23,25-26,28-29,31-32,34-35,37-38,46,52,54,60-64,66-77,79-82,84-90H,3-4,9-10,12,15,18,21,24,27,30,33,36,39-45,47-51,53,55-59H2,1-2H3,(H,78,83)/b7-5-,8-6+,13-11-,17-16-,20-19-,23-22-,26-25-,29-28-,32-31-,35-34-,38-37-,46-14+,54-52+. The van der Waals surface area contributed by atoms with Crippen LogP contribution in [0.5, 0.6) is 0 Å². The third kappa shape index (κ3) is 37.0. The maximum atomic E-state index is 13.4. The van der Waals surface area contributed by atoms with Gasteiger partial charge < -0.3 is 89.9 Å². The van der Waals surface area contributed by atoms with Crippen molar-refractivity contribution in [1.82, 2.24) is 5.32 Å². The largest absolute Gasteiger partial charge is 0.394 e. The van der Waals surface area contributed by atoms with Crippen LogP contribution in [0.1, 0.15) is 187 Å². The molecular weight excluding hydrogens is 1230 g/mol. The van der Waals surface area contributed by atoms with E-state index < -0.39 is 124 Å². The third-order valence-electron chi connectivity index (χ3n) is 16.5. The van der Waals surface area contributed by atoms with Crippen LogP contribution in [0.25, 0.3) is 0 Å². The number of nitrogens with one attached hydrogen (secondary N) is 1. The summed E-state index contributed by atoms with van der Waals surface area (Å²) in [7, 11) is 0. The maximum Gasteiger partial charge on any atom is 0.220 e. The van der Waals surface area contributed by atoms with E-state index in [2.05, 4.69) is 165 Å². The average molecular weight is 1350 g/mol. The minimum absolute atomic E-state index is 0.216. The fourth-order valence-electron chi connectivity index (χ4n) is 10.8.